The summed E-state index contributed by atoms with van der Waals surface area (Å²) in [5.74, 6) is 2.58. The summed E-state index contributed by atoms with van der Waals surface area (Å²) < 4.78 is 13.5. The molecular weight excluding hydrogens is 484 g/mol. The molecule has 0 bridgehead atoms. The average molecular weight is 517 g/mol. The molecule has 3 aromatic carbocycles. The fourth-order valence-corrected chi connectivity index (χ4v) is 4.59. The standard InChI is InChI=1S/C29H32N4O3S/c1-5-35-23-16-12-22(13-17-23)33-27(18-36-24-14-10-21(4)11-15-24)31-32-29(33)37-19-28(34)30-26-9-7-6-8-25(26)20(2)3/h6-17,20H,5,18-19H2,1-4H3,(H,30,34). The minimum absolute atomic E-state index is 0.100. The number of aromatic nitrogens is 3. The van der Waals surface area contributed by atoms with Crippen molar-refractivity contribution in [3.8, 4) is 17.2 Å². The van der Waals surface area contributed by atoms with Gasteiger partial charge in [-0.2, -0.15) is 0 Å². The van der Waals surface area contributed by atoms with Gasteiger partial charge in [-0.25, -0.2) is 0 Å². The van der Waals surface area contributed by atoms with Crippen molar-refractivity contribution >= 4 is 23.4 Å². The van der Waals surface area contributed by atoms with E-state index in [1.807, 2.05) is 91.2 Å². The molecule has 37 heavy (non-hydrogen) atoms. The first kappa shape index (κ1) is 26.3. The van der Waals surface area contributed by atoms with Gasteiger partial charge in [0, 0.05) is 11.4 Å². The maximum atomic E-state index is 12.8. The summed E-state index contributed by atoms with van der Waals surface area (Å²) in [7, 11) is 0. The van der Waals surface area contributed by atoms with E-state index in [1.165, 1.54) is 11.8 Å². The van der Waals surface area contributed by atoms with Crippen LogP contribution in [-0.4, -0.2) is 33.0 Å². The number of hydrogen-bond acceptors (Lipinski definition) is 6. The number of carbonyl (C=O) groups is 1. The van der Waals surface area contributed by atoms with E-state index in [9.17, 15) is 4.79 Å². The van der Waals surface area contributed by atoms with Gasteiger partial charge in [-0.15, -0.1) is 10.2 Å². The van der Waals surface area contributed by atoms with Crippen molar-refractivity contribution in [3.05, 3.63) is 89.7 Å². The van der Waals surface area contributed by atoms with Crippen molar-refractivity contribution in [2.24, 2.45) is 0 Å². The number of carbonyl (C=O) groups excluding carboxylic acids is 1. The van der Waals surface area contributed by atoms with Crippen molar-refractivity contribution in [3.63, 3.8) is 0 Å². The van der Waals surface area contributed by atoms with Crippen LogP contribution in [0.25, 0.3) is 5.69 Å². The molecule has 1 aromatic heterocycles. The minimum atomic E-state index is -0.100. The Kier molecular flexibility index (Phi) is 8.85. The van der Waals surface area contributed by atoms with Gasteiger partial charge in [0.05, 0.1) is 12.4 Å². The fourth-order valence-electron chi connectivity index (χ4n) is 3.82. The van der Waals surface area contributed by atoms with Crippen LogP contribution in [0.3, 0.4) is 0 Å². The number of nitrogens with zero attached hydrogens (tertiary/aromatic N) is 3. The van der Waals surface area contributed by atoms with Crippen LogP contribution in [-0.2, 0) is 11.4 Å². The van der Waals surface area contributed by atoms with Gasteiger partial charge in [-0.3, -0.25) is 9.36 Å². The van der Waals surface area contributed by atoms with E-state index in [2.05, 4.69) is 29.4 Å². The highest BCUT2D eigenvalue weighted by Crippen LogP contribution is 2.27. The molecule has 0 spiro atoms. The zero-order valence-electron chi connectivity index (χ0n) is 21.6. The SMILES string of the molecule is CCOc1ccc(-n2c(COc3ccc(C)cc3)nnc2SCC(=O)Nc2ccccc2C(C)C)cc1. The predicted octanol–water partition coefficient (Wildman–Crippen LogP) is 6.41. The van der Waals surface area contributed by atoms with Gasteiger partial charge in [0.1, 0.15) is 18.1 Å². The molecule has 1 heterocycles. The molecule has 0 aliphatic heterocycles. The van der Waals surface area contributed by atoms with E-state index in [-0.39, 0.29) is 18.3 Å². The monoisotopic (exact) mass is 516 g/mol. The van der Waals surface area contributed by atoms with Gasteiger partial charge in [-0.05, 0) is 67.8 Å². The van der Waals surface area contributed by atoms with Gasteiger partial charge in [-0.1, -0.05) is 61.5 Å². The first-order valence-electron chi connectivity index (χ1n) is 12.3. The summed E-state index contributed by atoms with van der Waals surface area (Å²) in [4.78, 5) is 12.8. The number of rotatable bonds is 11. The number of ether oxygens (including phenoxy) is 2. The van der Waals surface area contributed by atoms with Crippen LogP contribution in [0.4, 0.5) is 5.69 Å². The summed E-state index contributed by atoms with van der Waals surface area (Å²) in [6.45, 7) is 9.04. The molecule has 7 nitrogen and oxygen atoms in total. The molecule has 0 radical (unpaired) electrons. The Balaban J connectivity index is 1.52. The maximum absolute atomic E-state index is 12.8. The number of aryl methyl sites for hydroxylation is 1. The van der Waals surface area contributed by atoms with Crippen molar-refractivity contribution < 1.29 is 14.3 Å². The molecular formula is C29H32N4O3S. The van der Waals surface area contributed by atoms with Gasteiger partial charge in [0.25, 0.3) is 0 Å². The Morgan fingerprint density at radius 2 is 1.62 bits per heavy atom. The summed E-state index contributed by atoms with van der Waals surface area (Å²) in [5, 5.41) is 12.4. The number of benzene rings is 3. The second-order valence-corrected chi connectivity index (χ2v) is 9.78. The van der Waals surface area contributed by atoms with Gasteiger partial charge >= 0.3 is 0 Å². The molecule has 4 rings (SSSR count). The van der Waals surface area contributed by atoms with Crippen LogP contribution in [0.5, 0.6) is 11.5 Å². The Morgan fingerprint density at radius 1 is 0.946 bits per heavy atom. The van der Waals surface area contributed by atoms with Crippen molar-refractivity contribution in [1.82, 2.24) is 14.8 Å². The van der Waals surface area contributed by atoms with E-state index in [1.54, 1.807) is 0 Å². The molecule has 0 aliphatic rings. The van der Waals surface area contributed by atoms with Gasteiger partial charge in [0.2, 0.25) is 5.91 Å². The van der Waals surface area contributed by atoms with E-state index < -0.39 is 0 Å². The van der Waals surface area contributed by atoms with E-state index >= 15 is 0 Å². The third-order valence-corrected chi connectivity index (χ3v) is 6.61. The third kappa shape index (κ3) is 6.92. The summed E-state index contributed by atoms with van der Waals surface area (Å²) in [6.07, 6.45) is 0. The Bertz CT molecular complexity index is 1320. The van der Waals surface area contributed by atoms with Crippen molar-refractivity contribution in [1.29, 1.82) is 0 Å². The molecule has 192 valence electrons. The molecule has 8 heteroatoms. The molecule has 4 aromatic rings. The zero-order chi connectivity index (χ0) is 26.2. The van der Waals surface area contributed by atoms with E-state index in [4.69, 9.17) is 9.47 Å². The minimum Gasteiger partial charge on any atom is -0.494 e. The van der Waals surface area contributed by atoms with Crippen LogP contribution in [0.1, 0.15) is 43.6 Å². The molecule has 0 saturated heterocycles. The quantitative estimate of drug-likeness (QED) is 0.232. The first-order valence-corrected chi connectivity index (χ1v) is 13.3. The zero-order valence-corrected chi connectivity index (χ0v) is 22.4. The number of hydrogen-bond donors (Lipinski definition) is 1. The second-order valence-electron chi connectivity index (χ2n) is 8.84. The Hall–Kier alpha value is -3.78. The van der Waals surface area contributed by atoms with Crippen LogP contribution in [0, 0.1) is 6.92 Å². The maximum Gasteiger partial charge on any atom is 0.234 e. The van der Waals surface area contributed by atoms with E-state index in [0.717, 1.165) is 34.0 Å². The highest BCUT2D eigenvalue weighted by Gasteiger charge is 2.17. The smallest absolute Gasteiger partial charge is 0.234 e. The topological polar surface area (TPSA) is 78.3 Å². The molecule has 1 amide bonds. The molecule has 0 unspecified atom stereocenters. The molecule has 1 N–H and O–H groups in total. The van der Waals surface area contributed by atoms with Crippen LogP contribution in [0.2, 0.25) is 0 Å². The largest absolute Gasteiger partial charge is 0.494 e. The first-order chi connectivity index (χ1) is 17.9. The number of amides is 1. The Labute approximate surface area is 222 Å². The summed E-state index contributed by atoms with van der Waals surface area (Å²) in [6, 6.07) is 23.5. The number of nitrogens with one attached hydrogen (secondary N) is 1. The highest BCUT2D eigenvalue weighted by atomic mass is 32.2. The number of anilines is 1. The molecule has 0 fully saturated rings. The fraction of sp³-hybridized carbons (Fsp3) is 0.276. The third-order valence-electron chi connectivity index (χ3n) is 5.68. The molecule has 0 saturated carbocycles. The van der Waals surface area contributed by atoms with Crippen molar-refractivity contribution in [2.45, 2.75) is 45.4 Å². The van der Waals surface area contributed by atoms with Crippen LogP contribution in [0.15, 0.2) is 78.0 Å². The normalized spacial score (nSPS) is 10.9. The Morgan fingerprint density at radius 3 is 2.32 bits per heavy atom. The predicted molar refractivity (Wildman–Crippen MR) is 148 cm³/mol. The average Bonchev–Trinajstić information content (AvgIpc) is 3.31. The van der Waals surface area contributed by atoms with Crippen LogP contribution < -0.4 is 14.8 Å². The van der Waals surface area contributed by atoms with Crippen molar-refractivity contribution in [2.75, 3.05) is 17.7 Å². The van der Waals surface area contributed by atoms with E-state index in [0.29, 0.717) is 23.5 Å². The van der Waals surface area contributed by atoms with Gasteiger partial charge in [0.15, 0.2) is 11.0 Å². The highest BCUT2D eigenvalue weighted by molar-refractivity contribution is 7.99. The lowest BCUT2D eigenvalue weighted by atomic mass is 10.0. The molecule has 0 atom stereocenters. The molecule has 0 aliphatic carbocycles. The number of thioether (sulfide) groups is 1. The second kappa shape index (κ2) is 12.5. The lowest BCUT2D eigenvalue weighted by Crippen LogP contribution is -2.16. The van der Waals surface area contributed by atoms with Gasteiger partial charge < -0.3 is 14.8 Å². The van der Waals surface area contributed by atoms with Crippen LogP contribution >= 0.6 is 11.8 Å². The lowest BCUT2D eigenvalue weighted by Gasteiger charge is -2.14. The summed E-state index contributed by atoms with van der Waals surface area (Å²) in [5.41, 5.74) is 3.97. The lowest BCUT2D eigenvalue weighted by molar-refractivity contribution is -0.113. The summed E-state index contributed by atoms with van der Waals surface area (Å²) >= 11 is 1.33. The number of para-hydroxylation sites is 1.